The fraction of sp³-hybridized carbons (Fsp3) is 0.500. The van der Waals surface area contributed by atoms with E-state index in [1.54, 1.807) is 14.2 Å². The number of ether oxygens (including phenoxy) is 2. The van der Waals surface area contributed by atoms with E-state index in [-0.39, 0.29) is 0 Å². The summed E-state index contributed by atoms with van der Waals surface area (Å²) < 4.78 is 10.5. The van der Waals surface area contributed by atoms with E-state index in [1.165, 1.54) is 0 Å². The molecule has 0 saturated carbocycles. The van der Waals surface area contributed by atoms with Crippen LogP contribution in [-0.2, 0) is 6.42 Å². The number of nitrogens with zero attached hydrogens (tertiary/aromatic N) is 1. The number of methoxy groups -OCH3 is 2. The van der Waals surface area contributed by atoms with Crippen molar-refractivity contribution >= 4 is 17.6 Å². The summed E-state index contributed by atoms with van der Waals surface area (Å²) in [4.78, 5) is 4.35. The van der Waals surface area contributed by atoms with Gasteiger partial charge in [0.2, 0.25) is 0 Å². The molecule has 1 aromatic carbocycles. The number of halogens is 1. The van der Waals surface area contributed by atoms with E-state index in [1.807, 2.05) is 12.1 Å². The smallest absolute Gasteiger partial charge is 0.191 e. The SMILES string of the molecule is COc1ccc(CCNC2=NCC(C)N2)c(Cl)c1OC. The summed E-state index contributed by atoms with van der Waals surface area (Å²) in [5.41, 5.74) is 1.02. The van der Waals surface area contributed by atoms with Gasteiger partial charge in [-0.25, -0.2) is 0 Å². The highest BCUT2D eigenvalue weighted by Crippen LogP contribution is 2.37. The molecule has 110 valence electrons. The highest BCUT2D eigenvalue weighted by molar-refractivity contribution is 6.33. The van der Waals surface area contributed by atoms with Gasteiger partial charge in [0.1, 0.15) is 0 Å². The van der Waals surface area contributed by atoms with Crippen molar-refractivity contribution in [3.8, 4) is 11.5 Å². The quantitative estimate of drug-likeness (QED) is 0.871. The van der Waals surface area contributed by atoms with Crippen molar-refractivity contribution in [3.05, 3.63) is 22.7 Å². The molecule has 2 N–H and O–H groups in total. The van der Waals surface area contributed by atoms with Crippen LogP contribution in [0.2, 0.25) is 5.02 Å². The zero-order valence-electron chi connectivity index (χ0n) is 12.0. The highest BCUT2D eigenvalue weighted by Gasteiger charge is 2.14. The summed E-state index contributed by atoms with van der Waals surface area (Å²) >= 11 is 6.33. The lowest BCUT2D eigenvalue weighted by atomic mass is 10.1. The van der Waals surface area contributed by atoms with Gasteiger partial charge >= 0.3 is 0 Å². The minimum Gasteiger partial charge on any atom is -0.493 e. The van der Waals surface area contributed by atoms with Crippen molar-refractivity contribution in [2.45, 2.75) is 19.4 Å². The molecule has 1 atom stereocenters. The standard InChI is InChI=1S/C14H20ClN3O2/c1-9-8-17-14(18-9)16-7-6-10-4-5-11(19-2)13(20-3)12(10)15/h4-5,9H,6-8H2,1-3H3,(H2,16,17,18). The molecule has 0 bridgehead atoms. The third-order valence-electron chi connectivity index (χ3n) is 3.16. The average Bonchev–Trinajstić information content (AvgIpc) is 2.86. The molecule has 20 heavy (non-hydrogen) atoms. The number of nitrogens with one attached hydrogen (secondary N) is 2. The molecule has 0 saturated heterocycles. The van der Waals surface area contributed by atoms with E-state index >= 15 is 0 Å². The van der Waals surface area contributed by atoms with Crippen molar-refractivity contribution < 1.29 is 9.47 Å². The Morgan fingerprint density at radius 2 is 2.20 bits per heavy atom. The summed E-state index contributed by atoms with van der Waals surface area (Å²) in [5, 5.41) is 7.12. The van der Waals surface area contributed by atoms with Crippen LogP contribution in [0.15, 0.2) is 17.1 Å². The van der Waals surface area contributed by atoms with Crippen LogP contribution in [-0.4, -0.2) is 39.3 Å². The summed E-state index contributed by atoms with van der Waals surface area (Å²) in [6.45, 7) is 3.68. The van der Waals surface area contributed by atoms with Gasteiger partial charge in [-0.05, 0) is 25.0 Å². The minimum atomic E-state index is 0.405. The van der Waals surface area contributed by atoms with Gasteiger partial charge in [-0.3, -0.25) is 4.99 Å². The normalized spacial score (nSPS) is 17.4. The molecule has 0 aliphatic carbocycles. The molecular formula is C14H20ClN3O2. The minimum absolute atomic E-state index is 0.405. The summed E-state index contributed by atoms with van der Waals surface area (Å²) in [5.74, 6) is 2.08. The molecule has 0 aromatic heterocycles. The molecule has 1 unspecified atom stereocenters. The monoisotopic (exact) mass is 297 g/mol. The Hall–Kier alpha value is -1.62. The lowest BCUT2D eigenvalue weighted by Crippen LogP contribution is -2.38. The Balaban J connectivity index is 1.96. The molecule has 1 heterocycles. The maximum absolute atomic E-state index is 6.33. The lowest BCUT2D eigenvalue weighted by molar-refractivity contribution is 0.354. The predicted molar refractivity (Wildman–Crippen MR) is 81.2 cm³/mol. The number of aliphatic imine (C=N–C) groups is 1. The van der Waals surface area contributed by atoms with Gasteiger partial charge in [0.05, 0.1) is 25.8 Å². The Bertz CT molecular complexity index is 505. The van der Waals surface area contributed by atoms with Crippen LogP contribution >= 0.6 is 11.6 Å². The molecule has 0 radical (unpaired) electrons. The first-order chi connectivity index (χ1) is 9.65. The molecule has 1 aliphatic heterocycles. The first kappa shape index (κ1) is 14.8. The number of hydrogen-bond acceptors (Lipinski definition) is 5. The van der Waals surface area contributed by atoms with Crippen molar-refractivity contribution in [1.29, 1.82) is 0 Å². The van der Waals surface area contributed by atoms with Gasteiger partial charge in [0, 0.05) is 12.6 Å². The summed E-state index contributed by atoms with van der Waals surface area (Å²) in [6.07, 6.45) is 0.786. The zero-order chi connectivity index (χ0) is 14.5. The molecule has 6 heteroatoms. The van der Waals surface area contributed by atoms with Gasteiger partial charge in [0.15, 0.2) is 17.5 Å². The number of guanidine groups is 1. The zero-order valence-corrected chi connectivity index (χ0v) is 12.8. The average molecular weight is 298 g/mol. The van der Waals surface area contributed by atoms with E-state index in [0.29, 0.717) is 22.6 Å². The molecular weight excluding hydrogens is 278 g/mol. The van der Waals surface area contributed by atoms with Crippen LogP contribution in [0.5, 0.6) is 11.5 Å². The van der Waals surface area contributed by atoms with Crippen molar-refractivity contribution in [2.24, 2.45) is 4.99 Å². The molecule has 0 amide bonds. The van der Waals surface area contributed by atoms with Crippen LogP contribution in [0.25, 0.3) is 0 Å². The fourth-order valence-electron chi connectivity index (χ4n) is 2.10. The Morgan fingerprint density at radius 1 is 1.40 bits per heavy atom. The van der Waals surface area contributed by atoms with Crippen LogP contribution in [0.4, 0.5) is 0 Å². The molecule has 0 spiro atoms. The van der Waals surface area contributed by atoms with E-state index in [9.17, 15) is 0 Å². The van der Waals surface area contributed by atoms with Crippen molar-refractivity contribution in [3.63, 3.8) is 0 Å². The Labute approximate surface area is 124 Å². The lowest BCUT2D eigenvalue weighted by Gasteiger charge is -2.13. The first-order valence-corrected chi connectivity index (χ1v) is 6.97. The Morgan fingerprint density at radius 3 is 2.80 bits per heavy atom. The van der Waals surface area contributed by atoms with Gasteiger partial charge in [0.25, 0.3) is 0 Å². The predicted octanol–water partition coefficient (Wildman–Crippen LogP) is 1.84. The summed E-state index contributed by atoms with van der Waals surface area (Å²) in [6, 6.07) is 4.23. The maximum atomic E-state index is 6.33. The van der Waals surface area contributed by atoms with Crippen LogP contribution in [0.1, 0.15) is 12.5 Å². The van der Waals surface area contributed by atoms with Crippen molar-refractivity contribution in [2.75, 3.05) is 27.3 Å². The summed E-state index contributed by atoms with van der Waals surface area (Å²) in [7, 11) is 3.19. The van der Waals surface area contributed by atoms with Crippen molar-refractivity contribution in [1.82, 2.24) is 10.6 Å². The maximum Gasteiger partial charge on any atom is 0.191 e. The van der Waals surface area contributed by atoms with Crippen LogP contribution < -0.4 is 20.1 Å². The van der Waals surface area contributed by atoms with E-state index in [2.05, 4.69) is 22.5 Å². The first-order valence-electron chi connectivity index (χ1n) is 6.60. The van der Waals surface area contributed by atoms with Crippen LogP contribution in [0, 0.1) is 0 Å². The second-order valence-electron chi connectivity index (χ2n) is 4.69. The van der Waals surface area contributed by atoms with E-state index < -0.39 is 0 Å². The molecule has 0 fully saturated rings. The third-order valence-corrected chi connectivity index (χ3v) is 3.57. The second kappa shape index (κ2) is 6.70. The van der Waals surface area contributed by atoms with E-state index in [0.717, 1.165) is 31.0 Å². The van der Waals surface area contributed by atoms with E-state index in [4.69, 9.17) is 21.1 Å². The van der Waals surface area contributed by atoms with Gasteiger partial charge < -0.3 is 20.1 Å². The number of rotatable bonds is 5. The number of benzene rings is 1. The topological polar surface area (TPSA) is 54.9 Å². The molecule has 5 nitrogen and oxygen atoms in total. The molecule has 1 aliphatic rings. The largest absolute Gasteiger partial charge is 0.493 e. The molecule has 2 rings (SSSR count). The number of hydrogen-bond donors (Lipinski definition) is 2. The highest BCUT2D eigenvalue weighted by atomic mass is 35.5. The third kappa shape index (κ3) is 3.28. The Kier molecular flexibility index (Phi) is 4.95. The van der Waals surface area contributed by atoms with Gasteiger partial charge in [-0.15, -0.1) is 0 Å². The second-order valence-corrected chi connectivity index (χ2v) is 5.06. The molecule has 1 aromatic rings. The van der Waals surface area contributed by atoms with Gasteiger partial charge in [-0.2, -0.15) is 0 Å². The van der Waals surface area contributed by atoms with Crippen LogP contribution in [0.3, 0.4) is 0 Å². The van der Waals surface area contributed by atoms with Gasteiger partial charge in [-0.1, -0.05) is 17.7 Å². The fourth-order valence-corrected chi connectivity index (χ4v) is 2.43.